The predicted molar refractivity (Wildman–Crippen MR) is 376 cm³/mol. The first kappa shape index (κ1) is 51.6. The largest absolute Gasteiger partial charge is 0.309 e. The minimum atomic E-state index is 1.16. The van der Waals surface area contributed by atoms with Crippen molar-refractivity contribution in [3.05, 3.63) is 340 Å². The maximum absolute atomic E-state index is 4.13. The van der Waals surface area contributed by atoms with Gasteiger partial charge in [-0.3, -0.25) is 4.98 Å². The molecule has 0 aliphatic rings. The standard InChI is InChI=1S/C46H30N2.C39H26N2/c1-5-19-42-38(13-1)39-14-2-6-20-43(39)47(42)34-27-23-31(24-28-34)36-17-9-11-33-12-10-18-37(46(33)36)32-25-29-35(30-26-32)48-44-21-7-3-15-40(44)41-16-4-8-22-45(41)48;1-3-7-38-36(5-1)37-6-2-4-8-39(37)41(38)35-19-17-29(18-20-35)33-16-14-30-13-15-32(25-34(30)26-33)28-11-9-27(10-12-28)31-21-23-40-24-22-31/h1-30H;1-26H. The number of hydrogen-bond acceptors (Lipinski definition) is 1. The Labute approximate surface area is 515 Å². The average Bonchev–Trinajstić information content (AvgIpc) is 1.77. The van der Waals surface area contributed by atoms with Crippen molar-refractivity contribution >= 4 is 87.0 Å². The van der Waals surface area contributed by atoms with Crippen LogP contribution in [-0.4, -0.2) is 18.7 Å². The summed E-state index contributed by atoms with van der Waals surface area (Å²) in [5, 5.41) is 12.7. The number of nitrogens with zero attached hydrogens (tertiary/aromatic N) is 4. The number of aromatic nitrogens is 4. The van der Waals surface area contributed by atoms with E-state index in [1.165, 1.54) is 148 Å². The van der Waals surface area contributed by atoms with E-state index in [1.807, 2.05) is 24.5 Å². The van der Waals surface area contributed by atoms with E-state index >= 15 is 0 Å². The van der Waals surface area contributed by atoms with Crippen LogP contribution in [0.3, 0.4) is 0 Å². The second-order valence-corrected chi connectivity index (χ2v) is 23.0. The quantitative estimate of drug-likeness (QED) is 0.149. The summed E-state index contributed by atoms with van der Waals surface area (Å²) in [6.45, 7) is 0. The molecule has 0 bridgehead atoms. The lowest BCUT2D eigenvalue weighted by atomic mass is 9.91. The maximum Gasteiger partial charge on any atom is 0.0541 e. The van der Waals surface area contributed by atoms with Crippen molar-refractivity contribution in [2.75, 3.05) is 0 Å². The van der Waals surface area contributed by atoms with E-state index < -0.39 is 0 Å². The zero-order chi connectivity index (χ0) is 58.8. The highest BCUT2D eigenvalue weighted by Crippen LogP contribution is 2.41. The molecule has 4 heteroatoms. The molecule has 89 heavy (non-hydrogen) atoms. The summed E-state index contributed by atoms with van der Waals surface area (Å²) in [4.78, 5) is 4.13. The van der Waals surface area contributed by atoms with Crippen LogP contribution in [0.15, 0.2) is 340 Å². The Kier molecular flexibility index (Phi) is 12.5. The third-order valence-electron chi connectivity index (χ3n) is 18.0. The summed E-state index contributed by atoms with van der Waals surface area (Å²) in [5.41, 5.74) is 23.0. The summed E-state index contributed by atoms with van der Waals surface area (Å²) < 4.78 is 7.12. The van der Waals surface area contributed by atoms with Gasteiger partial charge >= 0.3 is 0 Å². The van der Waals surface area contributed by atoms with E-state index in [0.29, 0.717) is 0 Å². The Morgan fingerprint density at radius 1 is 0.191 bits per heavy atom. The smallest absolute Gasteiger partial charge is 0.0541 e. The third-order valence-corrected chi connectivity index (χ3v) is 18.0. The first-order chi connectivity index (χ1) is 44.1. The fraction of sp³-hybridized carbons (Fsp3) is 0. The molecule has 0 unspecified atom stereocenters. The Morgan fingerprint density at radius 2 is 0.472 bits per heavy atom. The first-order valence-electron chi connectivity index (χ1n) is 30.5. The molecule has 0 radical (unpaired) electrons. The molecule has 0 N–H and O–H groups in total. The SMILES string of the molecule is c1cc(-c2ccc(-n3c4ccccc4c4ccccc43)cc2)c2c(-c3ccc(-n4c5ccccc5c5ccccc54)cc3)cccc2c1.c1ccc2c(c1)c1ccccc1n2-c1ccc(-c2ccc3ccc(-c4ccc(-c5ccncc5)cc4)cc3c2)cc1. The fourth-order valence-corrected chi connectivity index (χ4v) is 13.8. The lowest BCUT2D eigenvalue weighted by molar-refractivity contribution is 1.18. The van der Waals surface area contributed by atoms with Gasteiger partial charge in [0.2, 0.25) is 0 Å². The van der Waals surface area contributed by atoms with Crippen molar-refractivity contribution in [3.8, 4) is 72.7 Å². The number of pyridine rings is 1. The van der Waals surface area contributed by atoms with Gasteiger partial charge in [-0.15, -0.1) is 0 Å². The number of para-hydroxylation sites is 6. The molecular formula is C85H56N4. The molecule has 4 aromatic heterocycles. The van der Waals surface area contributed by atoms with Gasteiger partial charge in [-0.2, -0.15) is 0 Å². The number of fused-ring (bicyclic) bond motifs is 11. The van der Waals surface area contributed by atoms with Crippen molar-refractivity contribution in [2.45, 2.75) is 0 Å². The minimum absolute atomic E-state index is 1.16. The Morgan fingerprint density at radius 3 is 0.820 bits per heavy atom. The van der Waals surface area contributed by atoms with E-state index in [9.17, 15) is 0 Å². The van der Waals surface area contributed by atoms with Gasteiger partial charge in [0.05, 0.1) is 33.1 Å². The predicted octanol–water partition coefficient (Wildman–Crippen LogP) is 22.7. The lowest BCUT2D eigenvalue weighted by Gasteiger charge is -2.15. The van der Waals surface area contributed by atoms with Gasteiger partial charge in [0.25, 0.3) is 0 Å². The molecule has 0 saturated carbocycles. The van der Waals surface area contributed by atoms with Gasteiger partial charge in [-0.05, 0) is 174 Å². The second-order valence-electron chi connectivity index (χ2n) is 23.0. The Balaban J connectivity index is 0.000000139. The van der Waals surface area contributed by atoms with E-state index in [1.54, 1.807) is 0 Å². The van der Waals surface area contributed by atoms with Crippen molar-refractivity contribution in [1.82, 2.24) is 18.7 Å². The van der Waals surface area contributed by atoms with Crippen LogP contribution in [-0.2, 0) is 0 Å². The molecule has 18 rings (SSSR count). The zero-order valence-electron chi connectivity index (χ0n) is 48.6. The summed E-state index contributed by atoms with van der Waals surface area (Å²) >= 11 is 0. The van der Waals surface area contributed by atoms with E-state index in [2.05, 4.69) is 334 Å². The molecule has 0 spiro atoms. The second kappa shape index (κ2) is 21.6. The third kappa shape index (κ3) is 8.96. The van der Waals surface area contributed by atoms with Crippen LogP contribution < -0.4 is 0 Å². The Bertz CT molecular complexity index is 5340. The van der Waals surface area contributed by atoms with Crippen molar-refractivity contribution in [2.24, 2.45) is 0 Å². The minimum Gasteiger partial charge on any atom is -0.309 e. The molecule has 14 aromatic carbocycles. The monoisotopic (exact) mass is 1130 g/mol. The molecule has 0 aliphatic carbocycles. The molecule has 0 saturated heterocycles. The average molecular weight is 1130 g/mol. The van der Waals surface area contributed by atoms with Crippen LogP contribution >= 0.6 is 0 Å². The van der Waals surface area contributed by atoms with Crippen LogP contribution in [0.4, 0.5) is 0 Å². The summed E-state index contributed by atoms with van der Waals surface area (Å²) in [5.74, 6) is 0. The van der Waals surface area contributed by atoms with E-state index in [0.717, 1.165) is 11.4 Å². The van der Waals surface area contributed by atoms with Crippen LogP contribution in [0.25, 0.3) is 160 Å². The van der Waals surface area contributed by atoms with Gasteiger partial charge in [0.15, 0.2) is 0 Å². The van der Waals surface area contributed by atoms with Crippen molar-refractivity contribution in [1.29, 1.82) is 0 Å². The van der Waals surface area contributed by atoms with Gasteiger partial charge in [0.1, 0.15) is 0 Å². The zero-order valence-corrected chi connectivity index (χ0v) is 48.6. The lowest BCUT2D eigenvalue weighted by Crippen LogP contribution is -1.94. The molecule has 0 fully saturated rings. The number of rotatable bonds is 8. The highest BCUT2D eigenvalue weighted by atomic mass is 15.0. The normalized spacial score (nSPS) is 11.6. The molecule has 18 aromatic rings. The van der Waals surface area contributed by atoms with Crippen LogP contribution in [0.1, 0.15) is 0 Å². The summed E-state index contributed by atoms with van der Waals surface area (Å²) in [6.07, 6.45) is 3.67. The van der Waals surface area contributed by atoms with E-state index in [4.69, 9.17) is 0 Å². The molecular weight excluding hydrogens is 1080 g/mol. The van der Waals surface area contributed by atoms with Gasteiger partial charge < -0.3 is 13.7 Å². The van der Waals surface area contributed by atoms with E-state index in [-0.39, 0.29) is 0 Å². The van der Waals surface area contributed by atoms with Gasteiger partial charge in [-0.1, -0.05) is 231 Å². The highest BCUT2D eigenvalue weighted by Gasteiger charge is 2.17. The van der Waals surface area contributed by atoms with Crippen LogP contribution in [0.2, 0.25) is 0 Å². The molecule has 416 valence electrons. The molecule has 0 atom stereocenters. The first-order valence-corrected chi connectivity index (χ1v) is 30.5. The molecule has 0 amide bonds. The summed E-state index contributed by atoms with van der Waals surface area (Å²) in [7, 11) is 0. The van der Waals surface area contributed by atoms with Crippen molar-refractivity contribution < 1.29 is 0 Å². The Hall–Kier alpha value is -11.9. The maximum atomic E-state index is 4.13. The number of benzene rings is 14. The topological polar surface area (TPSA) is 27.7 Å². The molecule has 4 heterocycles. The van der Waals surface area contributed by atoms with Crippen LogP contribution in [0.5, 0.6) is 0 Å². The molecule has 4 nitrogen and oxygen atoms in total. The summed E-state index contributed by atoms with van der Waals surface area (Å²) in [6, 6.07) is 119. The van der Waals surface area contributed by atoms with Gasteiger partial charge in [-0.25, -0.2) is 0 Å². The highest BCUT2D eigenvalue weighted by molar-refractivity contribution is 6.12. The van der Waals surface area contributed by atoms with Crippen LogP contribution in [0, 0.1) is 0 Å². The van der Waals surface area contributed by atoms with Crippen molar-refractivity contribution in [3.63, 3.8) is 0 Å². The van der Waals surface area contributed by atoms with Gasteiger partial charge in [0, 0.05) is 61.8 Å². The number of hydrogen-bond donors (Lipinski definition) is 0. The fourth-order valence-electron chi connectivity index (χ4n) is 13.8. The molecule has 0 aliphatic heterocycles.